The molecule has 2 atom stereocenters. The number of ether oxygens (including phenoxy) is 1. The van der Waals surface area contributed by atoms with Gasteiger partial charge in [0.2, 0.25) is 0 Å². The summed E-state index contributed by atoms with van der Waals surface area (Å²) in [5.74, 6) is 0. The predicted octanol–water partition coefficient (Wildman–Crippen LogP) is -0.318. The summed E-state index contributed by atoms with van der Waals surface area (Å²) in [7, 11) is -3.37. The topological polar surface area (TPSA) is 70.7 Å². The summed E-state index contributed by atoms with van der Waals surface area (Å²) in [5.41, 5.74) is 0. The van der Waals surface area contributed by atoms with Crippen LogP contribution in [0, 0.1) is 0 Å². The summed E-state index contributed by atoms with van der Waals surface area (Å²) >= 11 is 0. The summed E-state index contributed by atoms with van der Waals surface area (Å²) < 4.78 is 34.4. The molecule has 2 aliphatic heterocycles. The van der Waals surface area contributed by atoms with Gasteiger partial charge in [-0.15, -0.1) is 0 Å². The molecule has 0 spiro atoms. The molecule has 0 aromatic rings. The Morgan fingerprint density at radius 3 is 2.28 bits per heavy atom. The third-order valence-corrected chi connectivity index (χ3v) is 4.99. The van der Waals surface area contributed by atoms with E-state index in [0.29, 0.717) is 13.1 Å². The van der Waals surface area contributed by atoms with Gasteiger partial charge in [-0.25, -0.2) is 0 Å². The largest absolute Gasteiger partial charge is 0.373 e. The van der Waals surface area contributed by atoms with Crippen LogP contribution in [0.15, 0.2) is 0 Å². The molecule has 0 amide bonds. The van der Waals surface area contributed by atoms with Crippen LogP contribution in [0.4, 0.5) is 0 Å². The third-order valence-electron chi connectivity index (χ3n) is 3.38. The van der Waals surface area contributed by atoms with Crippen molar-refractivity contribution in [2.75, 3.05) is 26.2 Å². The summed E-state index contributed by atoms with van der Waals surface area (Å²) in [6.07, 6.45) is 1.63. The first kappa shape index (κ1) is 14.2. The van der Waals surface area contributed by atoms with E-state index in [1.54, 1.807) is 0 Å². The van der Waals surface area contributed by atoms with E-state index in [-0.39, 0.29) is 18.2 Å². The SMILES string of the molecule is CC1CN(S(=O)(=O)NC2CCNCC2)CC(C)O1. The minimum absolute atomic E-state index is 0.0432. The van der Waals surface area contributed by atoms with Crippen LogP contribution in [0.1, 0.15) is 26.7 Å². The van der Waals surface area contributed by atoms with Crippen LogP contribution in [0.3, 0.4) is 0 Å². The average Bonchev–Trinajstić information content (AvgIpc) is 2.28. The Balaban J connectivity index is 1.96. The number of nitrogens with zero attached hydrogens (tertiary/aromatic N) is 1. The molecule has 0 aromatic heterocycles. The second-order valence-corrected chi connectivity index (χ2v) is 6.92. The first-order valence-corrected chi connectivity index (χ1v) is 8.05. The Bertz CT molecular complexity index is 358. The molecule has 2 fully saturated rings. The van der Waals surface area contributed by atoms with Crippen molar-refractivity contribution in [3.63, 3.8) is 0 Å². The normalized spacial score (nSPS) is 32.6. The Hall–Kier alpha value is -0.210. The van der Waals surface area contributed by atoms with Gasteiger partial charge in [0.15, 0.2) is 0 Å². The van der Waals surface area contributed by atoms with Crippen LogP contribution in [0.2, 0.25) is 0 Å². The fourth-order valence-corrected chi connectivity index (χ4v) is 4.17. The summed E-state index contributed by atoms with van der Waals surface area (Å²) in [4.78, 5) is 0. The lowest BCUT2D eigenvalue weighted by atomic mass is 10.1. The lowest BCUT2D eigenvalue weighted by Crippen LogP contribution is -2.54. The van der Waals surface area contributed by atoms with Crippen molar-refractivity contribution in [2.24, 2.45) is 0 Å². The number of hydrogen-bond donors (Lipinski definition) is 2. The van der Waals surface area contributed by atoms with Crippen molar-refractivity contribution in [3.05, 3.63) is 0 Å². The molecule has 7 heteroatoms. The van der Waals surface area contributed by atoms with Gasteiger partial charge < -0.3 is 10.1 Å². The molecule has 0 aromatic carbocycles. The van der Waals surface area contributed by atoms with Crippen molar-refractivity contribution < 1.29 is 13.2 Å². The van der Waals surface area contributed by atoms with E-state index in [2.05, 4.69) is 10.0 Å². The van der Waals surface area contributed by atoms with Crippen molar-refractivity contribution >= 4 is 10.2 Å². The molecule has 106 valence electrons. The molecule has 0 bridgehead atoms. The van der Waals surface area contributed by atoms with Gasteiger partial charge in [-0.05, 0) is 39.8 Å². The molecule has 2 saturated heterocycles. The van der Waals surface area contributed by atoms with Crippen LogP contribution in [-0.2, 0) is 14.9 Å². The van der Waals surface area contributed by atoms with Crippen molar-refractivity contribution in [1.82, 2.24) is 14.3 Å². The van der Waals surface area contributed by atoms with E-state index >= 15 is 0 Å². The van der Waals surface area contributed by atoms with Crippen molar-refractivity contribution in [2.45, 2.75) is 44.9 Å². The maximum absolute atomic E-state index is 12.3. The van der Waals surface area contributed by atoms with E-state index in [1.807, 2.05) is 13.8 Å². The van der Waals surface area contributed by atoms with Crippen molar-refractivity contribution in [3.8, 4) is 0 Å². The second kappa shape index (κ2) is 5.83. The molecule has 0 aliphatic carbocycles. The van der Waals surface area contributed by atoms with Crippen LogP contribution in [-0.4, -0.2) is 57.2 Å². The Morgan fingerprint density at radius 1 is 1.17 bits per heavy atom. The van der Waals surface area contributed by atoms with Gasteiger partial charge in [0, 0.05) is 19.1 Å². The maximum atomic E-state index is 12.3. The highest BCUT2D eigenvalue weighted by atomic mass is 32.2. The number of nitrogens with one attached hydrogen (secondary N) is 2. The third kappa shape index (κ3) is 3.64. The van der Waals surface area contributed by atoms with Gasteiger partial charge in [0.05, 0.1) is 12.2 Å². The number of piperidine rings is 1. The monoisotopic (exact) mass is 277 g/mol. The highest BCUT2D eigenvalue weighted by Crippen LogP contribution is 2.15. The molecular formula is C11H23N3O3S. The van der Waals surface area contributed by atoms with Gasteiger partial charge in [-0.1, -0.05) is 0 Å². The summed E-state index contributed by atoms with van der Waals surface area (Å²) in [5, 5.41) is 3.23. The molecular weight excluding hydrogens is 254 g/mol. The highest BCUT2D eigenvalue weighted by Gasteiger charge is 2.32. The fourth-order valence-electron chi connectivity index (χ4n) is 2.55. The molecule has 18 heavy (non-hydrogen) atoms. The zero-order chi connectivity index (χ0) is 13.2. The fraction of sp³-hybridized carbons (Fsp3) is 1.00. The molecule has 6 nitrogen and oxygen atoms in total. The van der Waals surface area contributed by atoms with E-state index in [9.17, 15) is 8.42 Å². The Morgan fingerprint density at radius 2 is 1.72 bits per heavy atom. The quantitative estimate of drug-likeness (QED) is 0.742. The van der Waals surface area contributed by atoms with Gasteiger partial charge in [0.1, 0.15) is 0 Å². The highest BCUT2D eigenvalue weighted by molar-refractivity contribution is 7.87. The molecule has 2 unspecified atom stereocenters. The smallest absolute Gasteiger partial charge is 0.279 e. The lowest BCUT2D eigenvalue weighted by molar-refractivity contribution is -0.0444. The lowest BCUT2D eigenvalue weighted by Gasteiger charge is -2.35. The first-order chi connectivity index (χ1) is 8.47. The predicted molar refractivity (Wildman–Crippen MR) is 69.5 cm³/mol. The molecule has 0 saturated carbocycles. The zero-order valence-electron chi connectivity index (χ0n) is 11.1. The van der Waals surface area contributed by atoms with E-state index in [4.69, 9.17) is 4.74 Å². The first-order valence-electron chi connectivity index (χ1n) is 6.61. The molecule has 2 aliphatic rings. The van der Waals surface area contributed by atoms with Crippen molar-refractivity contribution in [1.29, 1.82) is 0 Å². The zero-order valence-corrected chi connectivity index (χ0v) is 11.9. The molecule has 2 rings (SSSR count). The maximum Gasteiger partial charge on any atom is 0.279 e. The van der Waals surface area contributed by atoms with Crippen LogP contribution in [0.25, 0.3) is 0 Å². The Kier molecular flexibility index (Phi) is 4.60. The van der Waals surface area contributed by atoms with Crippen LogP contribution >= 0.6 is 0 Å². The number of rotatable bonds is 3. The van der Waals surface area contributed by atoms with E-state index < -0.39 is 10.2 Å². The van der Waals surface area contributed by atoms with E-state index in [1.165, 1.54) is 4.31 Å². The van der Waals surface area contributed by atoms with Crippen LogP contribution in [0.5, 0.6) is 0 Å². The molecule has 2 N–H and O–H groups in total. The summed E-state index contributed by atoms with van der Waals surface area (Å²) in [6.45, 7) is 6.44. The van der Waals surface area contributed by atoms with Crippen LogP contribution < -0.4 is 10.0 Å². The van der Waals surface area contributed by atoms with E-state index in [0.717, 1.165) is 25.9 Å². The second-order valence-electron chi connectivity index (χ2n) is 5.22. The minimum atomic E-state index is -3.37. The Labute approximate surface area is 109 Å². The number of morpholine rings is 1. The average molecular weight is 277 g/mol. The van der Waals surface area contributed by atoms with Gasteiger partial charge >= 0.3 is 0 Å². The van der Waals surface area contributed by atoms with Gasteiger partial charge in [-0.3, -0.25) is 0 Å². The van der Waals surface area contributed by atoms with Gasteiger partial charge in [0.25, 0.3) is 10.2 Å². The summed E-state index contributed by atoms with van der Waals surface area (Å²) in [6, 6.07) is 0.0599. The number of hydrogen-bond acceptors (Lipinski definition) is 4. The molecule has 0 radical (unpaired) electrons. The standard InChI is InChI=1S/C11H23N3O3S/c1-9-7-14(8-10(2)17-9)18(15,16)13-11-3-5-12-6-4-11/h9-13H,3-8H2,1-2H3. The minimum Gasteiger partial charge on any atom is -0.373 e. The van der Waals surface area contributed by atoms with Gasteiger partial charge in [-0.2, -0.15) is 17.4 Å². The molecule has 2 heterocycles.